The highest BCUT2D eigenvalue weighted by Crippen LogP contribution is 2.23. The molecule has 84 valence electrons. The lowest BCUT2D eigenvalue weighted by Crippen LogP contribution is -1.99. The van der Waals surface area contributed by atoms with Gasteiger partial charge in [-0.3, -0.25) is 0 Å². The summed E-state index contributed by atoms with van der Waals surface area (Å²) in [5.74, 6) is 1.33. The first-order valence-electron chi connectivity index (χ1n) is 4.89. The molecule has 0 spiro atoms. The summed E-state index contributed by atoms with van der Waals surface area (Å²) in [4.78, 5) is 0. The van der Waals surface area contributed by atoms with E-state index in [4.69, 9.17) is 5.11 Å². The summed E-state index contributed by atoms with van der Waals surface area (Å²) < 4.78 is 2.86. The third-order valence-corrected chi connectivity index (χ3v) is 3.41. The van der Waals surface area contributed by atoms with Crippen LogP contribution in [0.5, 0.6) is 0 Å². The number of hydrogen-bond acceptors (Lipinski definition) is 3. The average Bonchev–Trinajstić information content (AvgIpc) is 2.64. The van der Waals surface area contributed by atoms with E-state index in [1.165, 1.54) is 0 Å². The highest BCUT2D eigenvalue weighted by Gasteiger charge is 2.10. The Balaban J connectivity index is 2.50. The first-order valence-corrected chi connectivity index (χ1v) is 5.68. The Bertz CT molecular complexity index is 522. The van der Waals surface area contributed by atoms with Gasteiger partial charge in [-0.2, -0.15) is 0 Å². The molecule has 0 saturated heterocycles. The van der Waals surface area contributed by atoms with Crippen molar-refractivity contribution >= 4 is 15.9 Å². The van der Waals surface area contributed by atoms with E-state index in [1.807, 2.05) is 32.2 Å². The van der Waals surface area contributed by atoms with Gasteiger partial charge in [0.05, 0.1) is 0 Å². The Morgan fingerprint density at radius 2 is 2.12 bits per heavy atom. The van der Waals surface area contributed by atoms with Crippen LogP contribution >= 0.6 is 15.9 Å². The van der Waals surface area contributed by atoms with Crippen LogP contribution in [0.1, 0.15) is 11.4 Å². The number of benzene rings is 1. The van der Waals surface area contributed by atoms with E-state index in [-0.39, 0.29) is 6.61 Å². The van der Waals surface area contributed by atoms with Crippen LogP contribution in [0.15, 0.2) is 22.7 Å². The summed E-state index contributed by atoms with van der Waals surface area (Å²) in [6.45, 7) is 1.93. The van der Waals surface area contributed by atoms with Crippen LogP contribution in [-0.2, 0) is 13.7 Å². The van der Waals surface area contributed by atoms with Gasteiger partial charge in [-0.15, -0.1) is 10.2 Å². The van der Waals surface area contributed by atoms with Crippen LogP contribution in [-0.4, -0.2) is 19.9 Å². The molecule has 0 bridgehead atoms. The summed E-state index contributed by atoms with van der Waals surface area (Å²) >= 11 is 3.46. The quantitative estimate of drug-likeness (QED) is 0.917. The van der Waals surface area contributed by atoms with Gasteiger partial charge in [0.2, 0.25) is 0 Å². The summed E-state index contributed by atoms with van der Waals surface area (Å²) in [6, 6.07) is 6.00. The molecule has 0 fully saturated rings. The van der Waals surface area contributed by atoms with Crippen molar-refractivity contribution in [3.63, 3.8) is 0 Å². The van der Waals surface area contributed by atoms with Gasteiger partial charge in [-0.1, -0.05) is 22.0 Å². The Hall–Kier alpha value is -1.20. The topological polar surface area (TPSA) is 50.9 Å². The summed E-state index contributed by atoms with van der Waals surface area (Å²) in [6.07, 6.45) is 0. The second-order valence-electron chi connectivity index (χ2n) is 3.62. The smallest absolute Gasteiger partial charge is 0.163 e. The predicted molar refractivity (Wildman–Crippen MR) is 64.8 cm³/mol. The number of rotatable bonds is 2. The van der Waals surface area contributed by atoms with E-state index in [2.05, 4.69) is 26.1 Å². The van der Waals surface area contributed by atoms with Crippen molar-refractivity contribution in [3.8, 4) is 11.4 Å². The minimum Gasteiger partial charge on any atom is -0.388 e. The van der Waals surface area contributed by atoms with E-state index in [1.54, 1.807) is 4.57 Å². The molecule has 0 amide bonds. The fraction of sp³-hybridized carbons (Fsp3) is 0.273. The van der Waals surface area contributed by atoms with Crippen LogP contribution in [0, 0.1) is 6.92 Å². The van der Waals surface area contributed by atoms with Crippen LogP contribution in [0.2, 0.25) is 0 Å². The van der Waals surface area contributed by atoms with Crippen molar-refractivity contribution in [2.75, 3.05) is 0 Å². The lowest BCUT2D eigenvalue weighted by Gasteiger charge is -2.04. The van der Waals surface area contributed by atoms with E-state index in [0.717, 1.165) is 21.4 Å². The molecule has 4 nitrogen and oxygen atoms in total. The Morgan fingerprint density at radius 1 is 1.38 bits per heavy atom. The molecule has 0 aliphatic carbocycles. The van der Waals surface area contributed by atoms with Gasteiger partial charge in [0.15, 0.2) is 11.6 Å². The molecule has 1 N–H and O–H groups in total. The Morgan fingerprint density at radius 3 is 2.69 bits per heavy atom. The first-order chi connectivity index (χ1) is 7.63. The number of aliphatic hydroxyl groups excluding tert-OH is 1. The molecular weight excluding hydrogens is 270 g/mol. The van der Waals surface area contributed by atoms with Crippen molar-refractivity contribution < 1.29 is 5.11 Å². The third kappa shape index (κ3) is 1.88. The molecule has 1 aromatic carbocycles. The average molecular weight is 282 g/mol. The van der Waals surface area contributed by atoms with Crippen LogP contribution in [0.4, 0.5) is 0 Å². The van der Waals surface area contributed by atoms with Gasteiger partial charge in [-0.25, -0.2) is 0 Å². The number of halogens is 1. The minimum absolute atomic E-state index is 0.0982. The largest absolute Gasteiger partial charge is 0.388 e. The monoisotopic (exact) mass is 281 g/mol. The van der Waals surface area contributed by atoms with Crippen molar-refractivity contribution in [3.05, 3.63) is 34.1 Å². The lowest BCUT2D eigenvalue weighted by atomic mass is 10.1. The van der Waals surface area contributed by atoms with Crippen molar-refractivity contribution in [2.24, 2.45) is 7.05 Å². The summed E-state index contributed by atoms with van der Waals surface area (Å²) in [5, 5.41) is 17.0. The molecule has 0 saturated carbocycles. The maximum Gasteiger partial charge on any atom is 0.163 e. The van der Waals surface area contributed by atoms with Crippen molar-refractivity contribution in [2.45, 2.75) is 13.5 Å². The second kappa shape index (κ2) is 4.35. The number of aromatic nitrogens is 3. The maximum absolute atomic E-state index is 9.05. The van der Waals surface area contributed by atoms with Gasteiger partial charge in [0.1, 0.15) is 6.61 Å². The molecule has 0 atom stereocenters. The molecule has 16 heavy (non-hydrogen) atoms. The molecule has 2 rings (SSSR count). The van der Waals surface area contributed by atoms with Gasteiger partial charge < -0.3 is 9.67 Å². The van der Waals surface area contributed by atoms with E-state index in [0.29, 0.717) is 5.82 Å². The molecule has 0 aliphatic heterocycles. The number of aliphatic hydroxyl groups is 1. The normalized spacial score (nSPS) is 10.8. The predicted octanol–water partition coefficient (Wildman–Crippen LogP) is 2.05. The number of nitrogens with zero attached hydrogens (tertiary/aromatic N) is 3. The van der Waals surface area contributed by atoms with Gasteiger partial charge in [0.25, 0.3) is 0 Å². The van der Waals surface area contributed by atoms with Gasteiger partial charge >= 0.3 is 0 Å². The Labute approximate surface area is 102 Å². The van der Waals surface area contributed by atoms with Crippen LogP contribution in [0.3, 0.4) is 0 Å². The highest BCUT2D eigenvalue weighted by atomic mass is 79.9. The maximum atomic E-state index is 9.05. The minimum atomic E-state index is -0.0982. The molecule has 2 aromatic rings. The first kappa shape index (κ1) is 11.3. The molecule has 0 unspecified atom stereocenters. The van der Waals surface area contributed by atoms with E-state index < -0.39 is 0 Å². The van der Waals surface area contributed by atoms with Gasteiger partial charge in [0, 0.05) is 17.1 Å². The summed E-state index contributed by atoms with van der Waals surface area (Å²) in [5.41, 5.74) is 2.14. The fourth-order valence-corrected chi connectivity index (χ4v) is 1.78. The number of aryl methyl sites for hydroxylation is 1. The van der Waals surface area contributed by atoms with Crippen LogP contribution in [0.25, 0.3) is 11.4 Å². The Kier molecular flexibility index (Phi) is 3.07. The molecular formula is C11H12BrN3O. The summed E-state index contributed by atoms with van der Waals surface area (Å²) in [7, 11) is 1.85. The molecule has 1 heterocycles. The SMILES string of the molecule is Cc1cc(-c2nnc(CO)n2C)ccc1Br. The lowest BCUT2D eigenvalue weighted by molar-refractivity contribution is 0.267. The molecule has 0 aliphatic rings. The van der Waals surface area contributed by atoms with Gasteiger partial charge in [-0.05, 0) is 24.6 Å². The fourth-order valence-electron chi connectivity index (χ4n) is 1.53. The molecule has 5 heteroatoms. The zero-order valence-corrected chi connectivity index (χ0v) is 10.7. The highest BCUT2D eigenvalue weighted by molar-refractivity contribution is 9.10. The van der Waals surface area contributed by atoms with Crippen LogP contribution < -0.4 is 0 Å². The standard InChI is InChI=1S/C11H12BrN3O/c1-7-5-8(3-4-9(7)12)11-14-13-10(6-16)15(11)2/h3-5,16H,6H2,1-2H3. The third-order valence-electron chi connectivity index (χ3n) is 2.52. The van der Waals surface area contributed by atoms with E-state index in [9.17, 15) is 0 Å². The zero-order valence-electron chi connectivity index (χ0n) is 9.11. The van der Waals surface area contributed by atoms with Crippen molar-refractivity contribution in [1.29, 1.82) is 0 Å². The molecule has 0 radical (unpaired) electrons. The number of hydrogen-bond donors (Lipinski definition) is 1. The van der Waals surface area contributed by atoms with E-state index >= 15 is 0 Å². The molecule has 1 aromatic heterocycles. The zero-order chi connectivity index (χ0) is 11.7. The van der Waals surface area contributed by atoms with Crippen molar-refractivity contribution in [1.82, 2.24) is 14.8 Å². The second-order valence-corrected chi connectivity index (χ2v) is 4.48.